The molecule has 0 amide bonds. The van der Waals surface area contributed by atoms with Gasteiger partial charge in [-0.15, -0.1) is 0 Å². The lowest BCUT2D eigenvalue weighted by Crippen LogP contribution is -2.01. The molecule has 0 radical (unpaired) electrons. The molecule has 2 rings (SSSR count). The fraction of sp³-hybridized carbons (Fsp3) is 0.200. The van der Waals surface area contributed by atoms with Crippen molar-refractivity contribution in [3.05, 3.63) is 59.8 Å². The highest BCUT2D eigenvalue weighted by molar-refractivity contribution is 5.95. The van der Waals surface area contributed by atoms with Crippen molar-refractivity contribution in [2.75, 3.05) is 5.73 Å². The number of Topliss-reactive ketones (excluding diaryl/α,β-unsaturated/α-hetero) is 1. The first kappa shape index (κ1) is 12.3. The van der Waals surface area contributed by atoms with Gasteiger partial charge in [-0.05, 0) is 24.5 Å². The zero-order chi connectivity index (χ0) is 12.8. The summed E-state index contributed by atoms with van der Waals surface area (Å²) < 4.78 is 0. The van der Waals surface area contributed by atoms with Gasteiger partial charge in [0.15, 0.2) is 5.78 Å². The maximum absolute atomic E-state index is 11.9. The molecule has 0 saturated heterocycles. The molecule has 92 valence electrons. The van der Waals surface area contributed by atoms with Gasteiger partial charge in [-0.1, -0.05) is 36.4 Å². The van der Waals surface area contributed by atoms with Gasteiger partial charge in [-0.25, -0.2) is 4.98 Å². The summed E-state index contributed by atoms with van der Waals surface area (Å²) in [6, 6.07) is 13.2. The van der Waals surface area contributed by atoms with Crippen LogP contribution in [0.5, 0.6) is 0 Å². The Morgan fingerprint density at radius 2 is 1.89 bits per heavy atom. The van der Waals surface area contributed by atoms with Crippen molar-refractivity contribution in [1.29, 1.82) is 0 Å². The van der Waals surface area contributed by atoms with E-state index in [1.54, 1.807) is 6.20 Å². The van der Waals surface area contributed by atoms with E-state index in [9.17, 15) is 4.79 Å². The Balaban J connectivity index is 1.86. The van der Waals surface area contributed by atoms with Crippen LogP contribution in [0.15, 0.2) is 48.7 Å². The second kappa shape index (κ2) is 5.96. The van der Waals surface area contributed by atoms with Crippen LogP contribution in [0.1, 0.15) is 28.8 Å². The van der Waals surface area contributed by atoms with Crippen LogP contribution in [0.25, 0.3) is 0 Å². The van der Waals surface area contributed by atoms with Gasteiger partial charge in [0.2, 0.25) is 0 Å². The lowest BCUT2D eigenvalue weighted by Gasteiger charge is -2.04. The lowest BCUT2D eigenvalue weighted by atomic mass is 10.0. The zero-order valence-corrected chi connectivity index (χ0v) is 10.2. The molecule has 2 aromatic rings. The second-order valence-corrected chi connectivity index (χ2v) is 4.19. The summed E-state index contributed by atoms with van der Waals surface area (Å²) in [7, 11) is 0. The number of nitrogen functional groups attached to an aromatic ring is 1. The molecular weight excluding hydrogens is 224 g/mol. The smallest absolute Gasteiger partial charge is 0.162 e. The average molecular weight is 240 g/mol. The number of ketones is 1. The number of carbonyl (C=O) groups excluding carboxylic acids is 1. The molecule has 0 aliphatic carbocycles. The number of nitrogens with zero attached hydrogens (tertiary/aromatic N) is 1. The molecule has 0 unspecified atom stereocenters. The van der Waals surface area contributed by atoms with Gasteiger partial charge in [0.1, 0.15) is 5.82 Å². The van der Waals surface area contributed by atoms with E-state index >= 15 is 0 Å². The van der Waals surface area contributed by atoms with E-state index in [1.807, 2.05) is 42.5 Å². The van der Waals surface area contributed by atoms with Crippen molar-refractivity contribution < 1.29 is 4.79 Å². The van der Waals surface area contributed by atoms with E-state index in [4.69, 9.17) is 5.73 Å². The number of aryl methyl sites for hydroxylation is 1. The number of benzene rings is 1. The van der Waals surface area contributed by atoms with Crippen molar-refractivity contribution in [2.24, 2.45) is 0 Å². The van der Waals surface area contributed by atoms with Crippen molar-refractivity contribution in [3.8, 4) is 0 Å². The fourth-order valence-corrected chi connectivity index (χ4v) is 1.87. The summed E-state index contributed by atoms with van der Waals surface area (Å²) in [5.74, 6) is 0.739. The van der Waals surface area contributed by atoms with Crippen LogP contribution in [-0.4, -0.2) is 10.8 Å². The monoisotopic (exact) mass is 240 g/mol. The third kappa shape index (κ3) is 3.17. The number of anilines is 1. The number of rotatable bonds is 5. The van der Waals surface area contributed by atoms with Crippen molar-refractivity contribution >= 4 is 11.6 Å². The standard InChI is InChI=1S/C15H16N2O/c16-15-13(9-5-11-17-15)8-4-10-14(18)12-6-2-1-3-7-12/h1-3,5-7,9,11H,4,8,10H2,(H2,16,17). The topological polar surface area (TPSA) is 56.0 Å². The minimum atomic E-state index is 0.179. The lowest BCUT2D eigenvalue weighted by molar-refractivity contribution is 0.0980. The van der Waals surface area contributed by atoms with Crippen molar-refractivity contribution in [1.82, 2.24) is 4.98 Å². The highest BCUT2D eigenvalue weighted by atomic mass is 16.1. The Hall–Kier alpha value is -2.16. The van der Waals surface area contributed by atoms with E-state index in [2.05, 4.69) is 4.98 Å². The van der Waals surface area contributed by atoms with Gasteiger partial charge in [0, 0.05) is 18.2 Å². The molecule has 1 aromatic heterocycles. The molecule has 0 saturated carbocycles. The molecule has 0 fully saturated rings. The van der Waals surface area contributed by atoms with E-state index in [1.165, 1.54) is 0 Å². The molecule has 0 bridgehead atoms. The molecule has 1 aromatic carbocycles. The number of nitrogens with two attached hydrogens (primary N) is 1. The summed E-state index contributed by atoms with van der Waals surface area (Å²) in [5.41, 5.74) is 7.54. The Bertz CT molecular complexity index is 523. The van der Waals surface area contributed by atoms with Gasteiger partial charge in [-0.2, -0.15) is 0 Å². The summed E-state index contributed by atoms with van der Waals surface area (Å²) in [6.45, 7) is 0. The van der Waals surface area contributed by atoms with E-state index in [-0.39, 0.29) is 5.78 Å². The Morgan fingerprint density at radius 3 is 2.61 bits per heavy atom. The maximum Gasteiger partial charge on any atom is 0.162 e. The quantitative estimate of drug-likeness (QED) is 0.817. The molecule has 2 N–H and O–H groups in total. The van der Waals surface area contributed by atoms with Crippen molar-refractivity contribution in [3.63, 3.8) is 0 Å². The molecule has 0 atom stereocenters. The normalized spacial score (nSPS) is 10.2. The molecule has 0 aliphatic rings. The fourth-order valence-electron chi connectivity index (χ4n) is 1.87. The van der Waals surface area contributed by atoms with Crippen LogP contribution in [0, 0.1) is 0 Å². The molecule has 0 aliphatic heterocycles. The minimum absolute atomic E-state index is 0.179. The summed E-state index contributed by atoms with van der Waals surface area (Å²) in [6.07, 6.45) is 3.80. The zero-order valence-electron chi connectivity index (χ0n) is 10.2. The minimum Gasteiger partial charge on any atom is -0.383 e. The number of carbonyl (C=O) groups is 1. The summed E-state index contributed by atoms with van der Waals surface area (Å²) in [4.78, 5) is 15.9. The highest BCUT2D eigenvalue weighted by Crippen LogP contribution is 2.12. The molecule has 3 nitrogen and oxygen atoms in total. The van der Waals surface area contributed by atoms with Crippen LogP contribution in [-0.2, 0) is 6.42 Å². The first-order chi connectivity index (χ1) is 8.77. The van der Waals surface area contributed by atoms with Crippen LogP contribution < -0.4 is 5.73 Å². The number of aromatic nitrogens is 1. The van der Waals surface area contributed by atoms with E-state index in [0.717, 1.165) is 24.0 Å². The predicted molar refractivity (Wildman–Crippen MR) is 72.4 cm³/mol. The molecular formula is C15H16N2O. The molecule has 1 heterocycles. The highest BCUT2D eigenvalue weighted by Gasteiger charge is 2.05. The molecule has 18 heavy (non-hydrogen) atoms. The van der Waals surface area contributed by atoms with E-state index < -0.39 is 0 Å². The summed E-state index contributed by atoms with van der Waals surface area (Å²) in [5, 5.41) is 0. The van der Waals surface area contributed by atoms with Gasteiger partial charge < -0.3 is 5.73 Å². The SMILES string of the molecule is Nc1ncccc1CCCC(=O)c1ccccc1. The third-order valence-corrected chi connectivity index (χ3v) is 2.87. The maximum atomic E-state index is 11.9. The predicted octanol–water partition coefficient (Wildman–Crippen LogP) is 2.87. The van der Waals surface area contributed by atoms with Gasteiger partial charge in [-0.3, -0.25) is 4.79 Å². The molecule has 0 spiro atoms. The Morgan fingerprint density at radius 1 is 1.11 bits per heavy atom. The van der Waals surface area contributed by atoms with Crippen LogP contribution in [0.3, 0.4) is 0 Å². The van der Waals surface area contributed by atoms with Gasteiger partial charge in [0.05, 0.1) is 0 Å². The number of hydrogen-bond donors (Lipinski definition) is 1. The van der Waals surface area contributed by atoms with Crippen LogP contribution >= 0.6 is 0 Å². The Labute approximate surface area is 107 Å². The third-order valence-electron chi connectivity index (χ3n) is 2.87. The van der Waals surface area contributed by atoms with Gasteiger partial charge >= 0.3 is 0 Å². The first-order valence-electron chi connectivity index (χ1n) is 6.05. The van der Waals surface area contributed by atoms with Crippen molar-refractivity contribution in [2.45, 2.75) is 19.3 Å². The van der Waals surface area contributed by atoms with Gasteiger partial charge in [0.25, 0.3) is 0 Å². The Kier molecular flexibility index (Phi) is 4.07. The first-order valence-corrected chi connectivity index (χ1v) is 6.05. The second-order valence-electron chi connectivity index (χ2n) is 4.19. The number of hydrogen-bond acceptors (Lipinski definition) is 3. The summed E-state index contributed by atoms with van der Waals surface area (Å²) >= 11 is 0. The van der Waals surface area contributed by atoms with E-state index in [0.29, 0.717) is 12.2 Å². The largest absolute Gasteiger partial charge is 0.383 e. The van der Waals surface area contributed by atoms with Crippen LogP contribution in [0.2, 0.25) is 0 Å². The van der Waals surface area contributed by atoms with Crippen LogP contribution in [0.4, 0.5) is 5.82 Å². The number of pyridine rings is 1. The molecule has 3 heteroatoms. The average Bonchev–Trinajstić information content (AvgIpc) is 2.42.